The van der Waals surface area contributed by atoms with Crippen LogP contribution in [0.15, 0.2) is 22.7 Å². The number of carbonyl (C=O) groups is 1. The van der Waals surface area contributed by atoms with Crippen molar-refractivity contribution < 1.29 is 9.90 Å². The van der Waals surface area contributed by atoms with Gasteiger partial charge >= 0.3 is 0 Å². The van der Waals surface area contributed by atoms with Gasteiger partial charge in [0.1, 0.15) is 5.75 Å². The lowest BCUT2D eigenvalue weighted by Gasteiger charge is -2.31. The van der Waals surface area contributed by atoms with E-state index in [1.54, 1.807) is 12.1 Å². The number of piperidine rings is 1. The number of nitrogens with two attached hydrogens (primary N) is 1. The van der Waals surface area contributed by atoms with Gasteiger partial charge in [0.15, 0.2) is 0 Å². The summed E-state index contributed by atoms with van der Waals surface area (Å²) >= 11 is 3.50. The Labute approximate surface area is 121 Å². The van der Waals surface area contributed by atoms with Gasteiger partial charge in [-0.3, -0.25) is 9.69 Å². The maximum absolute atomic E-state index is 10.9. The minimum absolute atomic E-state index is 0.200. The van der Waals surface area contributed by atoms with Gasteiger partial charge in [-0.1, -0.05) is 15.9 Å². The zero-order chi connectivity index (χ0) is 13.8. The van der Waals surface area contributed by atoms with Crippen LogP contribution in [0, 0.1) is 5.92 Å². The number of hydrogen-bond acceptors (Lipinski definition) is 3. The Morgan fingerprint density at radius 1 is 1.42 bits per heavy atom. The lowest BCUT2D eigenvalue weighted by Crippen LogP contribution is -2.34. The molecule has 0 saturated carbocycles. The van der Waals surface area contributed by atoms with Crippen LogP contribution in [0.25, 0.3) is 0 Å². The summed E-state index contributed by atoms with van der Waals surface area (Å²) in [6.45, 7) is 2.76. The monoisotopic (exact) mass is 326 g/mol. The molecule has 1 fully saturated rings. The maximum atomic E-state index is 10.9. The van der Waals surface area contributed by atoms with Crippen molar-refractivity contribution in [1.29, 1.82) is 0 Å². The molecule has 4 nitrogen and oxygen atoms in total. The van der Waals surface area contributed by atoms with E-state index < -0.39 is 0 Å². The van der Waals surface area contributed by atoms with Gasteiger partial charge in [-0.05, 0) is 55.6 Å². The van der Waals surface area contributed by atoms with Crippen LogP contribution in [0.2, 0.25) is 0 Å². The number of primary amides is 1. The minimum atomic E-state index is -0.200. The standard InChI is InChI=1S/C14H19BrN2O2/c15-13-2-1-12(18)8-11(13)9-17-5-3-10(4-6-17)7-14(16)19/h1-2,8,10,18H,3-7,9H2,(H2,16,19). The Hall–Kier alpha value is -1.07. The molecular formula is C14H19BrN2O2. The van der Waals surface area contributed by atoms with E-state index in [-0.39, 0.29) is 5.91 Å². The molecule has 0 unspecified atom stereocenters. The Bertz CT molecular complexity index is 457. The molecule has 1 aromatic carbocycles. The third-order valence-corrected chi connectivity index (χ3v) is 4.39. The molecule has 1 aliphatic rings. The average molecular weight is 327 g/mol. The van der Waals surface area contributed by atoms with Crippen LogP contribution in [0.5, 0.6) is 5.75 Å². The van der Waals surface area contributed by atoms with Crippen LogP contribution < -0.4 is 5.73 Å². The Morgan fingerprint density at radius 2 is 2.11 bits per heavy atom. The molecular weight excluding hydrogens is 308 g/mol. The summed E-state index contributed by atoms with van der Waals surface area (Å²) in [7, 11) is 0. The normalized spacial score (nSPS) is 17.5. The van der Waals surface area contributed by atoms with Crippen LogP contribution in [0.1, 0.15) is 24.8 Å². The third-order valence-electron chi connectivity index (χ3n) is 3.62. The molecule has 1 amide bonds. The van der Waals surface area contributed by atoms with Gasteiger partial charge in [0.05, 0.1) is 0 Å². The van der Waals surface area contributed by atoms with Gasteiger partial charge in [-0.2, -0.15) is 0 Å². The van der Waals surface area contributed by atoms with Crippen molar-refractivity contribution in [3.05, 3.63) is 28.2 Å². The molecule has 0 spiro atoms. The second-order valence-corrected chi connectivity index (χ2v) is 6.02. The van der Waals surface area contributed by atoms with Crippen molar-refractivity contribution in [2.75, 3.05) is 13.1 Å². The number of phenols is 1. The predicted molar refractivity (Wildman–Crippen MR) is 77.6 cm³/mol. The number of benzene rings is 1. The van der Waals surface area contributed by atoms with Crippen molar-refractivity contribution in [3.63, 3.8) is 0 Å². The quantitative estimate of drug-likeness (QED) is 0.891. The van der Waals surface area contributed by atoms with Crippen LogP contribution in [-0.4, -0.2) is 29.0 Å². The second-order valence-electron chi connectivity index (χ2n) is 5.17. The topological polar surface area (TPSA) is 66.6 Å². The van der Waals surface area contributed by atoms with Crippen LogP contribution in [0.4, 0.5) is 0 Å². The number of phenolic OH excluding ortho intramolecular Hbond substituents is 1. The van der Waals surface area contributed by atoms with E-state index >= 15 is 0 Å². The largest absolute Gasteiger partial charge is 0.508 e. The fourth-order valence-electron chi connectivity index (χ4n) is 2.56. The zero-order valence-electron chi connectivity index (χ0n) is 10.8. The number of likely N-dealkylation sites (tertiary alicyclic amines) is 1. The first-order valence-electron chi connectivity index (χ1n) is 6.52. The smallest absolute Gasteiger partial charge is 0.217 e. The summed E-state index contributed by atoms with van der Waals surface area (Å²) in [6, 6.07) is 5.33. The fourth-order valence-corrected chi connectivity index (χ4v) is 2.93. The summed E-state index contributed by atoms with van der Waals surface area (Å²) in [5.74, 6) is 0.525. The molecule has 104 valence electrons. The molecule has 0 aliphatic carbocycles. The molecule has 0 radical (unpaired) electrons. The summed E-state index contributed by atoms with van der Waals surface area (Å²) in [5, 5.41) is 9.52. The number of halogens is 1. The predicted octanol–water partition coefficient (Wildman–Crippen LogP) is 2.24. The Kier molecular flexibility index (Phi) is 4.82. The fraction of sp³-hybridized carbons (Fsp3) is 0.500. The zero-order valence-corrected chi connectivity index (χ0v) is 12.4. The lowest BCUT2D eigenvalue weighted by atomic mass is 9.93. The number of amides is 1. The maximum Gasteiger partial charge on any atom is 0.217 e. The molecule has 0 atom stereocenters. The molecule has 3 N–H and O–H groups in total. The molecule has 0 bridgehead atoms. The van der Waals surface area contributed by atoms with E-state index in [0.717, 1.165) is 42.5 Å². The number of rotatable bonds is 4. The van der Waals surface area contributed by atoms with Crippen LogP contribution in [0.3, 0.4) is 0 Å². The Balaban J connectivity index is 1.88. The molecule has 1 aromatic rings. The molecule has 1 aliphatic heterocycles. The molecule has 1 saturated heterocycles. The average Bonchev–Trinajstić information content (AvgIpc) is 2.35. The van der Waals surface area contributed by atoms with E-state index in [4.69, 9.17) is 5.73 Å². The summed E-state index contributed by atoms with van der Waals surface area (Å²) in [5.41, 5.74) is 6.32. The highest BCUT2D eigenvalue weighted by Gasteiger charge is 2.21. The molecule has 19 heavy (non-hydrogen) atoms. The third kappa shape index (κ3) is 4.21. The van der Waals surface area contributed by atoms with Crippen LogP contribution >= 0.6 is 15.9 Å². The first-order chi connectivity index (χ1) is 9.04. The summed E-state index contributed by atoms with van der Waals surface area (Å²) in [6.07, 6.45) is 2.53. The number of nitrogens with zero attached hydrogens (tertiary/aromatic N) is 1. The van der Waals surface area contributed by atoms with Crippen LogP contribution in [-0.2, 0) is 11.3 Å². The second kappa shape index (κ2) is 6.39. The Morgan fingerprint density at radius 3 is 2.74 bits per heavy atom. The molecule has 1 heterocycles. The minimum Gasteiger partial charge on any atom is -0.508 e. The number of carbonyl (C=O) groups excluding carboxylic acids is 1. The van der Waals surface area contributed by atoms with E-state index in [9.17, 15) is 9.90 Å². The van der Waals surface area contributed by atoms with Gasteiger partial charge in [-0.25, -0.2) is 0 Å². The first-order valence-corrected chi connectivity index (χ1v) is 7.32. The number of hydrogen-bond donors (Lipinski definition) is 2. The van der Waals surface area contributed by atoms with Gasteiger partial charge in [0.2, 0.25) is 5.91 Å². The molecule has 0 aromatic heterocycles. The van der Waals surface area contributed by atoms with E-state index in [2.05, 4.69) is 20.8 Å². The van der Waals surface area contributed by atoms with Gasteiger partial charge in [0.25, 0.3) is 0 Å². The van der Waals surface area contributed by atoms with Crippen molar-refractivity contribution in [2.24, 2.45) is 11.7 Å². The van der Waals surface area contributed by atoms with Gasteiger partial charge in [0, 0.05) is 17.4 Å². The van der Waals surface area contributed by atoms with Crippen molar-refractivity contribution in [1.82, 2.24) is 4.90 Å². The van der Waals surface area contributed by atoms with Gasteiger partial charge < -0.3 is 10.8 Å². The van der Waals surface area contributed by atoms with E-state index in [1.165, 1.54) is 0 Å². The SMILES string of the molecule is NC(=O)CC1CCN(Cc2cc(O)ccc2Br)CC1. The van der Waals surface area contributed by atoms with Crippen molar-refractivity contribution in [2.45, 2.75) is 25.8 Å². The van der Waals surface area contributed by atoms with E-state index in [1.807, 2.05) is 6.07 Å². The first kappa shape index (κ1) is 14.3. The van der Waals surface area contributed by atoms with Gasteiger partial charge in [-0.15, -0.1) is 0 Å². The van der Waals surface area contributed by atoms with Crippen molar-refractivity contribution >= 4 is 21.8 Å². The summed E-state index contributed by atoms with van der Waals surface area (Å²) in [4.78, 5) is 13.2. The molecule has 2 rings (SSSR count). The highest BCUT2D eigenvalue weighted by atomic mass is 79.9. The highest BCUT2D eigenvalue weighted by molar-refractivity contribution is 9.10. The molecule has 5 heteroatoms. The van der Waals surface area contributed by atoms with E-state index in [0.29, 0.717) is 18.1 Å². The lowest BCUT2D eigenvalue weighted by molar-refractivity contribution is -0.119. The van der Waals surface area contributed by atoms with Crippen molar-refractivity contribution in [3.8, 4) is 5.75 Å². The number of aromatic hydroxyl groups is 1. The summed E-state index contributed by atoms with van der Waals surface area (Å²) < 4.78 is 1.02. The highest BCUT2D eigenvalue weighted by Crippen LogP contribution is 2.26.